The smallest absolute Gasteiger partial charge is 0.131 e. The zero-order valence-corrected chi connectivity index (χ0v) is 11.4. The van der Waals surface area contributed by atoms with Crippen LogP contribution >= 0.6 is 0 Å². The molecule has 0 saturated heterocycles. The van der Waals surface area contributed by atoms with Gasteiger partial charge in [0.1, 0.15) is 5.54 Å². The highest BCUT2D eigenvalue weighted by Crippen LogP contribution is 2.21. The molecule has 3 nitrogen and oxygen atoms in total. The van der Waals surface area contributed by atoms with Gasteiger partial charge >= 0.3 is 0 Å². The van der Waals surface area contributed by atoms with Crippen LogP contribution in [-0.2, 0) is 5.54 Å². The summed E-state index contributed by atoms with van der Waals surface area (Å²) < 4.78 is 0. The molecule has 0 heterocycles. The minimum Gasteiger partial charge on any atom is -0.310 e. The van der Waals surface area contributed by atoms with Crippen molar-refractivity contribution in [1.29, 1.82) is 5.26 Å². The van der Waals surface area contributed by atoms with E-state index in [0.717, 1.165) is 18.7 Å². The molecule has 2 N–H and O–H groups in total. The molecule has 3 heteroatoms. The highest BCUT2D eigenvalue weighted by atomic mass is 15.1. The number of nitrogens with zero attached hydrogens (tertiary/aromatic N) is 2. The second-order valence-corrected chi connectivity index (χ2v) is 4.86. The second-order valence-electron chi connectivity index (χ2n) is 4.86. The highest BCUT2D eigenvalue weighted by Gasteiger charge is 2.26. The maximum atomic E-state index is 9.33. The molecule has 1 aromatic rings. The van der Waals surface area contributed by atoms with Crippen LogP contribution in [0.4, 0.5) is 0 Å². The van der Waals surface area contributed by atoms with Crippen molar-refractivity contribution < 1.29 is 0 Å². The Kier molecular flexibility index (Phi) is 5.84. The summed E-state index contributed by atoms with van der Waals surface area (Å²) in [5.74, 6) is 0. The van der Waals surface area contributed by atoms with Crippen LogP contribution in [0.15, 0.2) is 30.3 Å². The molecular weight excluding hydrogens is 222 g/mol. The van der Waals surface area contributed by atoms with Crippen molar-refractivity contribution in [3.63, 3.8) is 0 Å². The number of hydrogen-bond donors (Lipinski definition) is 1. The lowest BCUT2D eigenvalue weighted by molar-refractivity contribution is 0.298. The van der Waals surface area contributed by atoms with E-state index in [9.17, 15) is 5.26 Å². The molecule has 0 aromatic heterocycles. The summed E-state index contributed by atoms with van der Waals surface area (Å²) >= 11 is 0. The van der Waals surface area contributed by atoms with Gasteiger partial charge in [-0.1, -0.05) is 43.7 Å². The molecule has 98 valence electrons. The van der Waals surface area contributed by atoms with Crippen LogP contribution in [0.5, 0.6) is 0 Å². The van der Waals surface area contributed by atoms with Crippen molar-refractivity contribution in [3.05, 3.63) is 35.9 Å². The molecule has 0 radical (unpaired) electrons. The molecule has 1 aromatic carbocycles. The standard InChI is InChI=1S/C15H23N3/c1-3-4-11-18(2)12-10-15(17,13-16)14-8-6-5-7-9-14/h5-9H,3-4,10-12,17H2,1-2H3. The van der Waals surface area contributed by atoms with Crippen LogP contribution < -0.4 is 5.73 Å². The topological polar surface area (TPSA) is 53.0 Å². The van der Waals surface area contributed by atoms with Crippen LogP contribution in [0.2, 0.25) is 0 Å². The fourth-order valence-electron chi connectivity index (χ4n) is 1.91. The van der Waals surface area contributed by atoms with E-state index in [4.69, 9.17) is 5.73 Å². The van der Waals surface area contributed by atoms with E-state index in [0.29, 0.717) is 6.42 Å². The molecule has 1 rings (SSSR count). The summed E-state index contributed by atoms with van der Waals surface area (Å²) in [6.45, 7) is 4.09. The lowest BCUT2D eigenvalue weighted by Gasteiger charge is -2.25. The molecule has 0 aliphatic carbocycles. The van der Waals surface area contributed by atoms with Gasteiger partial charge in [0.25, 0.3) is 0 Å². The van der Waals surface area contributed by atoms with Gasteiger partial charge in [-0.3, -0.25) is 0 Å². The van der Waals surface area contributed by atoms with E-state index in [1.165, 1.54) is 12.8 Å². The van der Waals surface area contributed by atoms with Crippen molar-refractivity contribution in [2.75, 3.05) is 20.1 Å². The third-order valence-corrected chi connectivity index (χ3v) is 3.27. The molecule has 0 amide bonds. The predicted octanol–water partition coefficient (Wildman–Crippen LogP) is 2.49. The Labute approximate surface area is 110 Å². The Balaban J connectivity index is 2.59. The van der Waals surface area contributed by atoms with Crippen molar-refractivity contribution in [1.82, 2.24) is 4.90 Å². The third kappa shape index (κ3) is 4.14. The summed E-state index contributed by atoms with van der Waals surface area (Å²) in [5.41, 5.74) is 6.23. The van der Waals surface area contributed by atoms with Gasteiger partial charge in [-0.15, -0.1) is 0 Å². The number of unbranched alkanes of at least 4 members (excludes halogenated alkanes) is 1. The first kappa shape index (κ1) is 14.7. The van der Waals surface area contributed by atoms with Gasteiger partial charge in [0, 0.05) is 6.54 Å². The molecule has 0 aliphatic rings. The van der Waals surface area contributed by atoms with E-state index >= 15 is 0 Å². The van der Waals surface area contributed by atoms with Crippen molar-refractivity contribution in [2.24, 2.45) is 5.73 Å². The fraction of sp³-hybridized carbons (Fsp3) is 0.533. The molecule has 18 heavy (non-hydrogen) atoms. The minimum atomic E-state index is -0.873. The van der Waals surface area contributed by atoms with Crippen molar-refractivity contribution in [2.45, 2.75) is 31.7 Å². The average Bonchev–Trinajstić information content (AvgIpc) is 2.43. The number of nitrogens with two attached hydrogens (primary N) is 1. The Morgan fingerprint density at radius 1 is 1.28 bits per heavy atom. The van der Waals surface area contributed by atoms with Gasteiger partial charge in [-0.05, 0) is 32.0 Å². The van der Waals surface area contributed by atoms with Gasteiger partial charge < -0.3 is 10.6 Å². The highest BCUT2D eigenvalue weighted by molar-refractivity contribution is 5.30. The van der Waals surface area contributed by atoms with Crippen LogP contribution in [-0.4, -0.2) is 25.0 Å². The first-order valence-electron chi connectivity index (χ1n) is 6.56. The number of hydrogen-bond acceptors (Lipinski definition) is 3. The van der Waals surface area contributed by atoms with E-state index < -0.39 is 5.54 Å². The Morgan fingerprint density at radius 2 is 1.94 bits per heavy atom. The van der Waals surface area contributed by atoms with Gasteiger partial charge in [-0.25, -0.2) is 0 Å². The van der Waals surface area contributed by atoms with Gasteiger partial charge in [0.2, 0.25) is 0 Å². The molecule has 0 spiro atoms. The summed E-state index contributed by atoms with van der Waals surface area (Å²) in [7, 11) is 2.08. The maximum Gasteiger partial charge on any atom is 0.131 e. The van der Waals surface area contributed by atoms with Crippen LogP contribution in [0.25, 0.3) is 0 Å². The molecular formula is C15H23N3. The number of benzene rings is 1. The van der Waals surface area contributed by atoms with E-state index in [-0.39, 0.29) is 0 Å². The summed E-state index contributed by atoms with van der Waals surface area (Å²) in [6, 6.07) is 11.9. The van der Waals surface area contributed by atoms with Crippen molar-refractivity contribution in [3.8, 4) is 6.07 Å². The minimum absolute atomic E-state index is 0.660. The monoisotopic (exact) mass is 245 g/mol. The Bertz CT molecular complexity index is 382. The normalized spacial score (nSPS) is 14.2. The number of nitriles is 1. The van der Waals surface area contributed by atoms with Gasteiger partial charge in [-0.2, -0.15) is 5.26 Å². The van der Waals surface area contributed by atoms with Crippen LogP contribution in [0.1, 0.15) is 31.7 Å². The second kappa shape index (κ2) is 7.15. The predicted molar refractivity (Wildman–Crippen MR) is 74.9 cm³/mol. The quantitative estimate of drug-likeness (QED) is 0.803. The summed E-state index contributed by atoms with van der Waals surface area (Å²) in [4.78, 5) is 2.24. The van der Waals surface area contributed by atoms with E-state index in [1.807, 2.05) is 30.3 Å². The zero-order valence-electron chi connectivity index (χ0n) is 11.4. The third-order valence-electron chi connectivity index (χ3n) is 3.27. The molecule has 0 saturated carbocycles. The zero-order chi connectivity index (χ0) is 13.4. The Morgan fingerprint density at radius 3 is 2.50 bits per heavy atom. The van der Waals surface area contributed by atoms with Crippen molar-refractivity contribution >= 4 is 0 Å². The average molecular weight is 245 g/mol. The molecule has 0 aliphatic heterocycles. The molecule has 1 unspecified atom stereocenters. The van der Waals surface area contributed by atoms with Crippen LogP contribution in [0.3, 0.4) is 0 Å². The first-order valence-corrected chi connectivity index (χ1v) is 6.56. The van der Waals surface area contributed by atoms with E-state index in [2.05, 4.69) is 24.9 Å². The SMILES string of the molecule is CCCCN(C)CCC(N)(C#N)c1ccccc1. The summed E-state index contributed by atoms with van der Waals surface area (Å²) in [5, 5.41) is 9.33. The maximum absolute atomic E-state index is 9.33. The lowest BCUT2D eigenvalue weighted by Crippen LogP contribution is -2.38. The van der Waals surface area contributed by atoms with Crippen LogP contribution in [0, 0.1) is 11.3 Å². The largest absolute Gasteiger partial charge is 0.310 e. The first-order chi connectivity index (χ1) is 8.62. The Hall–Kier alpha value is -1.37. The lowest BCUT2D eigenvalue weighted by atomic mass is 9.89. The molecule has 1 atom stereocenters. The molecule has 0 fully saturated rings. The fourth-order valence-corrected chi connectivity index (χ4v) is 1.91. The number of rotatable bonds is 7. The van der Waals surface area contributed by atoms with E-state index in [1.54, 1.807) is 0 Å². The molecule has 0 bridgehead atoms. The van der Waals surface area contributed by atoms with Gasteiger partial charge in [0.05, 0.1) is 6.07 Å². The summed E-state index contributed by atoms with van der Waals surface area (Å²) in [6.07, 6.45) is 3.04. The van der Waals surface area contributed by atoms with Gasteiger partial charge in [0.15, 0.2) is 0 Å².